The van der Waals surface area contributed by atoms with Crippen molar-refractivity contribution < 1.29 is 4.42 Å². The number of furan rings is 1. The molecule has 0 saturated heterocycles. The number of allylic oxidation sites excluding steroid dienone is 6. The third kappa shape index (κ3) is 4.47. The van der Waals surface area contributed by atoms with E-state index in [0.29, 0.717) is 0 Å². The summed E-state index contributed by atoms with van der Waals surface area (Å²) in [6, 6.07) is 2.10. The molecule has 3 rings (SSSR count). The third-order valence-electron chi connectivity index (χ3n) is 4.47. The summed E-state index contributed by atoms with van der Waals surface area (Å²) in [5.74, 6) is 1.14. The van der Waals surface area contributed by atoms with E-state index in [1.807, 2.05) is 13.0 Å². The maximum absolute atomic E-state index is 5.45. The second kappa shape index (κ2) is 9.27. The Morgan fingerprint density at radius 2 is 2.00 bits per heavy atom. The number of aliphatic imine (C=N–C) groups is 1. The van der Waals surface area contributed by atoms with Gasteiger partial charge in [0.1, 0.15) is 5.76 Å². The third-order valence-corrected chi connectivity index (χ3v) is 4.47. The smallest absolute Gasteiger partial charge is 0.132 e. The van der Waals surface area contributed by atoms with Crippen LogP contribution in [0.3, 0.4) is 0 Å². The fraction of sp³-hybridized carbons (Fsp3) is 0.409. The van der Waals surface area contributed by atoms with E-state index in [9.17, 15) is 0 Å². The summed E-state index contributed by atoms with van der Waals surface area (Å²) in [5, 5.41) is 0. The lowest BCUT2D eigenvalue weighted by molar-refractivity contribution is 0.538. The Balaban J connectivity index is 0.000000174. The molecule has 1 heterocycles. The summed E-state index contributed by atoms with van der Waals surface area (Å²) < 4.78 is 5.45. The van der Waals surface area contributed by atoms with E-state index in [1.165, 1.54) is 42.4 Å². The number of hydrogen-bond donors (Lipinski definition) is 0. The van der Waals surface area contributed by atoms with Gasteiger partial charge in [-0.05, 0) is 86.9 Å². The molecule has 2 aliphatic carbocycles. The highest BCUT2D eigenvalue weighted by Gasteiger charge is 2.16. The van der Waals surface area contributed by atoms with Crippen LogP contribution in [0.15, 0.2) is 63.4 Å². The van der Waals surface area contributed by atoms with Gasteiger partial charge in [-0.3, -0.25) is 4.99 Å². The van der Waals surface area contributed by atoms with Crippen LogP contribution in [0.5, 0.6) is 0 Å². The van der Waals surface area contributed by atoms with E-state index in [1.54, 1.807) is 6.26 Å². The Morgan fingerprint density at radius 3 is 2.71 bits per heavy atom. The predicted octanol–water partition coefficient (Wildman–Crippen LogP) is 6.67. The summed E-state index contributed by atoms with van der Waals surface area (Å²) in [4.78, 5) is 4.01. The van der Waals surface area contributed by atoms with E-state index < -0.39 is 0 Å². The van der Waals surface area contributed by atoms with Crippen LogP contribution in [0.2, 0.25) is 0 Å². The first-order valence-electron chi connectivity index (χ1n) is 8.97. The fourth-order valence-electron chi connectivity index (χ4n) is 3.37. The molecule has 128 valence electrons. The van der Waals surface area contributed by atoms with Crippen molar-refractivity contribution in [3.63, 3.8) is 0 Å². The Hall–Kier alpha value is -2.09. The molecular formula is C22H29NO. The molecule has 0 spiro atoms. The van der Waals surface area contributed by atoms with Crippen molar-refractivity contribution in [2.75, 3.05) is 0 Å². The van der Waals surface area contributed by atoms with Crippen LogP contribution in [0.1, 0.15) is 63.7 Å². The fourth-order valence-corrected chi connectivity index (χ4v) is 3.37. The van der Waals surface area contributed by atoms with Gasteiger partial charge in [0, 0.05) is 0 Å². The molecule has 0 aromatic carbocycles. The van der Waals surface area contributed by atoms with Gasteiger partial charge in [0.2, 0.25) is 0 Å². The monoisotopic (exact) mass is 323 g/mol. The number of fused-ring (bicyclic) bond motifs is 1. The molecule has 0 amide bonds. The molecule has 0 atom stereocenters. The zero-order valence-corrected chi connectivity index (χ0v) is 15.1. The lowest BCUT2D eigenvalue weighted by Gasteiger charge is -2.16. The van der Waals surface area contributed by atoms with Crippen LogP contribution in [0, 0.1) is 0 Å². The molecule has 0 N–H and O–H groups in total. The zero-order valence-electron chi connectivity index (χ0n) is 15.1. The Labute approximate surface area is 146 Å². The maximum Gasteiger partial charge on any atom is 0.132 e. The minimum absolute atomic E-state index is 1.01. The molecule has 2 aliphatic rings. The van der Waals surface area contributed by atoms with E-state index >= 15 is 0 Å². The summed E-state index contributed by atoms with van der Waals surface area (Å²) in [6.45, 7) is 11.7. The largest absolute Gasteiger partial charge is 0.464 e. The molecule has 0 bridgehead atoms. The lowest BCUT2D eigenvalue weighted by Crippen LogP contribution is -1.98. The highest BCUT2D eigenvalue weighted by atomic mass is 16.3. The highest BCUT2D eigenvalue weighted by molar-refractivity contribution is 5.65. The van der Waals surface area contributed by atoms with Gasteiger partial charge >= 0.3 is 0 Å². The zero-order chi connectivity index (χ0) is 17.4. The van der Waals surface area contributed by atoms with Crippen LogP contribution in [-0.2, 0) is 6.42 Å². The number of nitrogens with zero attached hydrogens (tertiary/aromatic N) is 1. The summed E-state index contributed by atoms with van der Waals surface area (Å²) in [6.07, 6.45) is 16.4. The van der Waals surface area contributed by atoms with Crippen molar-refractivity contribution in [2.24, 2.45) is 4.99 Å². The van der Waals surface area contributed by atoms with Crippen LogP contribution in [-0.4, -0.2) is 6.72 Å². The van der Waals surface area contributed by atoms with E-state index in [-0.39, 0.29) is 0 Å². The Kier molecular flexibility index (Phi) is 7.05. The molecule has 1 aromatic rings. The standard InChI is InChI=1S/C11H15N.C11H14O/c1-4-6-10-8-5-7-9(2)11(10)12-3;1-2-4-9-5-3-6-10-7-8-12-11(9)10/h4,6H,2-3,5,7-8H2,1H3;4,7-8H,2-3,5-6H2,1H3/b6-4-;9-4-. The molecule has 0 fully saturated rings. The number of hydrogen-bond acceptors (Lipinski definition) is 2. The van der Waals surface area contributed by atoms with Gasteiger partial charge in [-0.15, -0.1) is 0 Å². The molecule has 0 saturated carbocycles. The topological polar surface area (TPSA) is 25.5 Å². The van der Waals surface area contributed by atoms with E-state index in [4.69, 9.17) is 4.42 Å². The van der Waals surface area contributed by atoms with Crippen molar-refractivity contribution >= 4 is 12.3 Å². The van der Waals surface area contributed by atoms with E-state index in [2.05, 4.69) is 43.4 Å². The molecule has 2 heteroatoms. The van der Waals surface area contributed by atoms with Crippen molar-refractivity contribution in [3.8, 4) is 0 Å². The summed E-state index contributed by atoms with van der Waals surface area (Å²) in [5.41, 5.74) is 6.22. The summed E-state index contributed by atoms with van der Waals surface area (Å²) >= 11 is 0. The Morgan fingerprint density at radius 1 is 1.21 bits per heavy atom. The molecule has 2 nitrogen and oxygen atoms in total. The highest BCUT2D eigenvalue weighted by Crippen LogP contribution is 2.31. The minimum atomic E-state index is 1.01. The predicted molar refractivity (Wildman–Crippen MR) is 104 cm³/mol. The van der Waals surface area contributed by atoms with Crippen molar-refractivity contribution in [1.29, 1.82) is 0 Å². The summed E-state index contributed by atoms with van der Waals surface area (Å²) in [7, 11) is 0. The van der Waals surface area contributed by atoms with Crippen LogP contribution < -0.4 is 0 Å². The molecule has 0 radical (unpaired) electrons. The van der Waals surface area contributed by atoms with Gasteiger partial charge in [-0.1, -0.05) is 31.7 Å². The van der Waals surface area contributed by atoms with E-state index in [0.717, 1.165) is 36.3 Å². The number of rotatable bonds is 3. The Bertz CT molecular complexity index is 670. The van der Waals surface area contributed by atoms with Gasteiger partial charge in [0.15, 0.2) is 0 Å². The van der Waals surface area contributed by atoms with Gasteiger partial charge in [-0.2, -0.15) is 0 Å². The van der Waals surface area contributed by atoms with Crippen molar-refractivity contribution in [2.45, 2.75) is 58.8 Å². The average molecular weight is 323 g/mol. The minimum Gasteiger partial charge on any atom is -0.464 e. The van der Waals surface area contributed by atoms with Gasteiger partial charge in [0.05, 0.1) is 12.0 Å². The second-order valence-electron chi connectivity index (χ2n) is 6.26. The number of aryl methyl sites for hydroxylation is 1. The van der Waals surface area contributed by atoms with Gasteiger partial charge in [-0.25, -0.2) is 0 Å². The molecule has 0 unspecified atom stereocenters. The SMILES string of the molecule is C=NC1=C(/C=C\C)CCCC1=C.CC/C=C1/CCCc2ccoc21. The molecule has 24 heavy (non-hydrogen) atoms. The molecular weight excluding hydrogens is 294 g/mol. The first kappa shape index (κ1) is 18.3. The first-order chi connectivity index (χ1) is 11.7. The van der Waals surface area contributed by atoms with Crippen LogP contribution >= 0.6 is 0 Å². The van der Waals surface area contributed by atoms with Gasteiger partial charge in [0.25, 0.3) is 0 Å². The first-order valence-corrected chi connectivity index (χ1v) is 8.97. The van der Waals surface area contributed by atoms with Crippen LogP contribution in [0.4, 0.5) is 0 Å². The maximum atomic E-state index is 5.45. The lowest BCUT2D eigenvalue weighted by atomic mass is 9.93. The quantitative estimate of drug-likeness (QED) is 0.570. The van der Waals surface area contributed by atoms with Crippen molar-refractivity contribution in [1.82, 2.24) is 0 Å². The average Bonchev–Trinajstić information content (AvgIpc) is 3.06. The molecule has 1 aromatic heterocycles. The molecule has 0 aliphatic heterocycles. The normalized spacial score (nSPS) is 19.2. The van der Waals surface area contributed by atoms with Crippen LogP contribution in [0.25, 0.3) is 5.57 Å². The van der Waals surface area contributed by atoms with Gasteiger partial charge < -0.3 is 4.42 Å². The van der Waals surface area contributed by atoms with Crippen molar-refractivity contribution in [3.05, 3.63) is 65.3 Å². The second-order valence-corrected chi connectivity index (χ2v) is 6.26.